The summed E-state index contributed by atoms with van der Waals surface area (Å²) in [6.45, 7) is 3.05. The van der Waals surface area contributed by atoms with Gasteiger partial charge in [-0.15, -0.1) is 0 Å². The number of para-hydroxylation sites is 1. The quantitative estimate of drug-likeness (QED) is 0.791. The number of anilines is 1. The van der Waals surface area contributed by atoms with E-state index in [0.717, 1.165) is 17.7 Å². The topological polar surface area (TPSA) is 63.4 Å². The summed E-state index contributed by atoms with van der Waals surface area (Å²) in [7, 11) is 0. The zero-order chi connectivity index (χ0) is 12.4. The van der Waals surface area contributed by atoms with Crippen LogP contribution in [-0.4, -0.2) is 24.8 Å². The van der Waals surface area contributed by atoms with Gasteiger partial charge in [0.1, 0.15) is 0 Å². The molecule has 0 saturated carbocycles. The number of nitrogens with two attached hydrogens (primary N) is 1. The summed E-state index contributed by atoms with van der Waals surface area (Å²) in [5.74, 6) is -0.818. The van der Waals surface area contributed by atoms with E-state index in [-0.39, 0.29) is 0 Å². The highest BCUT2D eigenvalue weighted by molar-refractivity contribution is 6.52. The number of rotatable bonds is 4. The number of fused-ring (bicyclic) bond motifs is 1. The molecule has 1 aliphatic rings. The molecule has 0 saturated heterocycles. The number of carbonyl (C=O) groups excluding carboxylic acids is 2. The van der Waals surface area contributed by atoms with Crippen LogP contribution in [0.15, 0.2) is 18.2 Å². The third-order valence-corrected chi connectivity index (χ3v) is 3.04. The Balaban J connectivity index is 2.45. The lowest BCUT2D eigenvalue weighted by molar-refractivity contribution is -0.114. The third-order valence-electron chi connectivity index (χ3n) is 3.04. The third kappa shape index (κ3) is 1.85. The molecule has 1 heterocycles. The van der Waals surface area contributed by atoms with Gasteiger partial charge in [-0.05, 0) is 31.0 Å². The average Bonchev–Trinajstić information content (AvgIpc) is 2.60. The summed E-state index contributed by atoms with van der Waals surface area (Å²) in [5.41, 5.74) is 7.82. The minimum Gasteiger partial charge on any atom is -0.330 e. The summed E-state index contributed by atoms with van der Waals surface area (Å²) < 4.78 is 0. The van der Waals surface area contributed by atoms with Crippen molar-refractivity contribution in [3.8, 4) is 0 Å². The molecule has 2 rings (SSSR count). The number of ketones is 1. The largest absolute Gasteiger partial charge is 0.330 e. The Morgan fingerprint density at radius 3 is 2.71 bits per heavy atom. The predicted molar refractivity (Wildman–Crippen MR) is 66.2 cm³/mol. The van der Waals surface area contributed by atoms with E-state index in [1.807, 2.05) is 19.1 Å². The van der Waals surface area contributed by atoms with Crippen molar-refractivity contribution in [3.63, 3.8) is 0 Å². The highest BCUT2D eigenvalue weighted by Gasteiger charge is 2.36. The van der Waals surface area contributed by atoms with E-state index < -0.39 is 11.7 Å². The number of Topliss-reactive ketones (excluding diaryl/α,β-unsaturated/α-hetero) is 1. The van der Waals surface area contributed by atoms with Crippen molar-refractivity contribution in [2.45, 2.75) is 19.8 Å². The molecule has 0 bridgehead atoms. The number of hydrogen-bond donors (Lipinski definition) is 1. The zero-order valence-corrected chi connectivity index (χ0v) is 9.90. The van der Waals surface area contributed by atoms with Crippen molar-refractivity contribution in [3.05, 3.63) is 29.3 Å². The number of amides is 1. The fourth-order valence-corrected chi connectivity index (χ4v) is 2.18. The van der Waals surface area contributed by atoms with Crippen molar-refractivity contribution in [2.24, 2.45) is 5.73 Å². The van der Waals surface area contributed by atoms with Gasteiger partial charge in [-0.25, -0.2) is 0 Å². The molecule has 90 valence electrons. The van der Waals surface area contributed by atoms with Crippen LogP contribution in [-0.2, 0) is 11.2 Å². The first-order chi connectivity index (χ1) is 8.20. The molecule has 0 aromatic heterocycles. The van der Waals surface area contributed by atoms with Gasteiger partial charge in [-0.1, -0.05) is 19.1 Å². The molecular weight excluding hydrogens is 216 g/mol. The van der Waals surface area contributed by atoms with E-state index in [4.69, 9.17) is 5.73 Å². The standard InChI is InChI=1S/C13H16N2O2/c1-2-9-5-3-6-10-11(9)15(8-4-7-14)13(17)12(10)16/h3,5-6H,2,4,7-8,14H2,1H3. The van der Waals surface area contributed by atoms with Crippen LogP contribution < -0.4 is 10.6 Å². The molecular formula is C13H16N2O2. The Labute approximate surface area is 100 Å². The van der Waals surface area contributed by atoms with Gasteiger partial charge in [-0.3, -0.25) is 9.59 Å². The van der Waals surface area contributed by atoms with Gasteiger partial charge in [-0.2, -0.15) is 0 Å². The van der Waals surface area contributed by atoms with Crippen LogP contribution in [0, 0.1) is 0 Å². The monoisotopic (exact) mass is 232 g/mol. The Morgan fingerprint density at radius 1 is 1.29 bits per heavy atom. The van der Waals surface area contributed by atoms with Gasteiger partial charge in [0.2, 0.25) is 0 Å². The SMILES string of the molecule is CCc1cccc2c1N(CCCN)C(=O)C2=O. The van der Waals surface area contributed by atoms with Gasteiger partial charge < -0.3 is 10.6 Å². The number of hydrogen-bond acceptors (Lipinski definition) is 3. The molecule has 1 aromatic rings. The highest BCUT2D eigenvalue weighted by atomic mass is 16.2. The summed E-state index contributed by atoms with van der Waals surface area (Å²) in [5, 5.41) is 0. The van der Waals surface area contributed by atoms with E-state index in [1.54, 1.807) is 11.0 Å². The Hall–Kier alpha value is -1.68. The first kappa shape index (κ1) is 11.8. The lowest BCUT2D eigenvalue weighted by Crippen LogP contribution is -2.32. The van der Waals surface area contributed by atoms with E-state index in [0.29, 0.717) is 25.1 Å². The number of carbonyl (C=O) groups is 2. The molecule has 1 aliphatic heterocycles. The molecule has 0 fully saturated rings. The van der Waals surface area contributed by atoms with Crippen LogP contribution in [0.25, 0.3) is 0 Å². The zero-order valence-electron chi connectivity index (χ0n) is 9.90. The minimum atomic E-state index is -0.422. The molecule has 0 aliphatic carbocycles. The van der Waals surface area contributed by atoms with Crippen LogP contribution in [0.1, 0.15) is 29.3 Å². The van der Waals surface area contributed by atoms with E-state index in [9.17, 15) is 9.59 Å². The summed E-state index contributed by atoms with van der Waals surface area (Å²) in [6, 6.07) is 5.51. The predicted octanol–water partition coefficient (Wildman–Crippen LogP) is 1.13. The summed E-state index contributed by atoms with van der Waals surface area (Å²) in [6.07, 6.45) is 1.51. The van der Waals surface area contributed by atoms with Gasteiger partial charge in [0.15, 0.2) is 0 Å². The van der Waals surface area contributed by atoms with Crippen LogP contribution in [0.4, 0.5) is 5.69 Å². The normalized spacial score (nSPS) is 14.4. The second kappa shape index (κ2) is 4.67. The van der Waals surface area contributed by atoms with Crippen LogP contribution in [0.5, 0.6) is 0 Å². The Kier molecular flexibility index (Phi) is 3.24. The molecule has 4 heteroatoms. The fraction of sp³-hybridized carbons (Fsp3) is 0.385. The second-order valence-corrected chi connectivity index (χ2v) is 4.10. The Morgan fingerprint density at radius 2 is 2.06 bits per heavy atom. The van der Waals surface area contributed by atoms with E-state index in [2.05, 4.69) is 0 Å². The smallest absolute Gasteiger partial charge is 0.299 e. The van der Waals surface area contributed by atoms with Crippen LogP contribution in [0.3, 0.4) is 0 Å². The first-order valence-corrected chi connectivity index (χ1v) is 5.88. The van der Waals surface area contributed by atoms with Crippen LogP contribution >= 0.6 is 0 Å². The first-order valence-electron chi connectivity index (χ1n) is 5.88. The molecule has 17 heavy (non-hydrogen) atoms. The van der Waals surface area contributed by atoms with Crippen molar-refractivity contribution in [2.75, 3.05) is 18.0 Å². The van der Waals surface area contributed by atoms with Gasteiger partial charge >= 0.3 is 0 Å². The lowest BCUT2D eigenvalue weighted by Gasteiger charge is -2.18. The number of aryl methyl sites for hydroxylation is 1. The van der Waals surface area contributed by atoms with Crippen molar-refractivity contribution < 1.29 is 9.59 Å². The molecule has 0 spiro atoms. The molecule has 2 N–H and O–H groups in total. The van der Waals surface area contributed by atoms with E-state index >= 15 is 0 Å². The second-order valence-electron chi connectivity index (χ2n) is 4.10. The maximum Gasteiger partial charge on any atom is 0.299 e. The van der Waals surface area contributed by atoms with Crippen molar-refractivity contribution >= 4 is 17.4 Å². The summed E-state index contributed by atoms with van der Waals surface area (Å²) >= 11 is 0. The van der Waals surface area contributed by atoms with Gasteiger partial charge in [0, 0.05) is 6.54 Å². The number of nitrogens with zero attached hydrogens (tertiary/aromatic N) is 1. The highest BCUT2D eigenvalue weighted by Crippen LogP contribution is 2.32. The molecule has 0 radical (unpaired) electrons. The molecule has 0 atom stereocenters. The minimum absolute atomic E-state index is 0.396. The number of benzene rings is 1. The maximum absolute atomic E-state index is 11.9. The van der Waals surface area contributed by atoms with Gasteiger partial charge in [0.05, 0.1) is 11.3 Å². The molecule has 4 nitrogen and oxygen atoms in total. The van der Waals surface area contributed by atoms with Crippen molar-refractivity contribution in [1.29, 1.82) is 0 Å². The van der Waals surface area contributed by atoms with E-state index in [1.165, 1.54) is 0 Å². The van der Waals surface area contributed by atoms with Gasteiger partial charge in [0.25, 0.3) is 11.7 Å². The Bertz CT molecular complexity index is 468. The maximum atomic E-state index is 11.9. The van der Waals surface area contributed by atoms with Crippen LogP contribution in [0.2, 0.25) is 0 Å². The lowest BCUT2D eigenvalue weighted by atomic mass is 10.0. The van der Waals surface area contributed by atoms with Crippen molar-refractivity contribution in [1.82, 2.24) is 0 Å². The molecule has 0 unspecified atom stereocenters. The molecule has 1 aromatic carbocycles. The summed E-state index contributed by atoms with van der Waals surface area (Å²) in [4.78, 5) is 25.3. The fourth-order valence-electron chi connectivity index (χ4n) is 2.18. The molecule has 1 amide bonds. The average molecular weight is 232 g/mol.